The third-order valence-electron chi connectivity index (χ3n) is 5.12. The number of piperidine rings is 1. The van der Waals surface area contributed by atoms with Crippen molar-refractivity contribution in [1.82, 2.24) is 9.62 Å². The predicted octanol–water partition coefficient (Wildman–Crippen LogP) is 3.45. The van der Waals surface area contributed by atoms with Crippen LogP contribution in [0.15, 0.2) is 59.5 Å². The van der Waals surface area contributed by atoms with E-state index in [-0.39, 0.29) is 10.8 Å². The molecule has 0 aliphatic carbocycles. The molecule has 27 heavy (non-hydrogen) atoms. The molecular weight excluding hydrogens is 384 g/mol. The van der Waals surface area contributed by atoms with E-state index in [0.29, 0.717) is 37.5 Å². The van der Waals surface area contributed by atoms with Gasteiger partial charge in [-0.2, -0.15) is 4.31 Å². The quantitative estimate of drug-likeness (QED) is 0.826. The van der Waals surface area contributed by atoms with Crippen LogP contribution in [0.1, 0.15) is 25.3 Å². The van der Waals surface area contributed by atoms with Crippen molar-refractivity contribution in [2.24, 2.45) is 5.41 Å². The second-order valence-electron chi connectivity index (χ2n) is 7.09. The van der Waals surface area contributed by atoms with E-state index < -0.39 is 15.4 Å². The van der Waals surface area contributed by atoms with E-state index in [2.05, 4.69) is 5.32 Å². The molecule has 5 nitrogen and oxygen atoms in total. The topological polar surface area (TPSA) is 66.5 Å². The second-order valence-corrected chi connectivity index (χ2v) is 9.46. The Morgan fingerprint density at radius 2 is 1.67 bits per heavy atom. The van der Waals surface area contributed by atoms with Crippen molar-refractivity contribution < 1.29 is 13.2 Å². The molecule has 1 aliphatic heterocycles. The second kappa shape index (κ2) is 8.00. The van der Waals surface area contributed by atoms with Crippen LogP contribution in [0.4, 0.5) is 0 Å². The van der Waals surface area contributed by atoms with E-state index in [9.17, 15) is 13.2 Å². The Morgan fingerprint density at radius 1 is 1.07 bits per heavy atom. The summed E-state index contributed by atoms with van der Waals surface area (Å²) in [5.41, 5.74) is 0.470. The maximum atomic E-state index is 12.8. The number of carbonyl (C=O) groups excluding carboxylic acids is 1. The van der Waals surface area contributed by atoms with Crippen LogP contribution < -0.4 is 5.32 Å². The molecule has 144 valence electrons. The first kappa shape index (κ1) is 19.9. The molecule has 2 aromatic carbocycles. The molecular formula is C20H23ClN2O3S. The van der Waals surface area contributed by atoms with Gasteiger partial charge in [0.15, 0.2) is 0 Å². The van der Waals surface area contributed by atoms with Gasteiger partial charge in [0.25, 0.3) is 0 Å². The van der Waals surface area contributed by atoms with Crippen molar-refractivity contribution in [3.63, 3.8) is 0 Å². The molecule has 0 radical (unpaired) electrons. The molecule has 0 atom stereocenters. The number of halogens is 1. The largest absolute Gasteiger partial charge is 0.352 e. The van der Waals surface area contributed by atoms with Crippen LogP contribution in [0, 0.1) is 5.41 Å². The Morgan fingerprint density at radius 3 is 2.26 bits per heavy atom. The third-order valence-corrected chi connectivity index (χ3v) is 7.29. The van der Waals surface area contributed by atoms with Crippen LogP contribution in [-0.4, -0.2) is 31.7 Å². The molecule has 3 rings (SSSR count). The van der Waals surface area contributed by atoms with Crippen molar-refractivity contribution in [3.05, 3.63) is 65.2 Å². The van der Waals surface area contributed by atoms with Crippen molar-refractivity contribution in [2.45, 2.75) is 31.2 Å². The number of carbonyl (C=O) groups is 1. The summed E-state index contributed by atoms with van der Waals surface area (Å²) in [6.07, 6.45) is 0.973. The van der Waals surface area contributed by atoms with Crippen LogP contribution in [0.5, 0.6) is 0 Å². The number of amides is 1. The van der Waals surface area contributed by atoms with Gasteiger partial charge < -0.3 is 5.32 Å². The van der Waals surface area contributed by atoms with E-state index in [1.807, 2.05) is 37.3 Å². The van der Waals surface area contributed by atoms with Crippen molar-refractivity contribution in [1.29, 1.82) is 0 Å². The molecule has 1 aliphatic rings. The molecule has 1 saturated heterocycles. The Kier molecular flexibility index (Phi) is 5.89. The normalized spacial score (nSPS) is 17.4. The van der Waals surface area contributed by atoms with Gasteiger partial charge >= 0.3 is 0 Å². The number of nitrogens with one attached hydrogen (secondary N) is 1. The van der Waals surface area contributed by atoms with Crippen LogP contribution >= 0.6 is 11.6 Å². The highest BCUT2D eigenvalue weighted by molar-refractivity contribution is 7.89. The monoisotopic (exact) mass is 406 g/mol. The maximum absolute atomic E-state index is 12.8. The molecule has 0 aromatic heterocycles. The number of hydrogen-bond donors (Lipinski definition) is 1. The average Bonchev–Trinajstić information content (AvgIpc) is 2.67. The van der Waals surface area contributed by atoms with Gasteiger partial charge in [-0.1, -0.05) is 48.9 Å². The highest BCUT2D eigenvalue weighted by Gasteiger charge is 2.40. The number of hydrogen-bond acceptors (Lipinski definition) is 3. The zero-order valence-corrected chi connectivity index (χ0v) is 16.8. The number of benzene rings is 2. The molecule has 0 unspecified atom stereocenters. The van der Waals surface area contributed by atoms with Crippen LogP contribution in [0.25, 0.3) is 0 Å². The lowest BCUT2D eigenvalue weighted by Gasteiger charge is -2.37. The summed E-state index contributed by atoms with van der Waals surface area (Å²) in [5, 5.41) is 3.47. The summed E-state index contributed by atoms with van der Waals surface area (Å²) in [5.74, 6) is -0.0325. The van der Waals surface area contributed by atoms with Gasteiger partial charge in [-0.15, -0.1) is 0 Å². The first-order chi connectivity index (χ1) is 12.8. The molecule has 1 heterocycles. The number of rotatable bonds is 5. The highest BCUT2D eigenvalue weighted by Crippen LogP contribution is 2.33. The van der Waals surface area contributed by atoms with Crippen molar-refractivity contribution in [2.75, 3.05) is 13.1 Å². The van der Waals surface area contributed by atoms with E-state index in [4.69, 9.17) is 11.6 Å². The number of sulfonamides is 1. The molecule has 0 bridgehead atoms. The van der Waals surface area contributed by atoms with Gasteiger partial charge in [0.1, 0.15) is 0 Å². The van der Waals surface area contributed by atoms with E-state index in [1.54, 1.807) is 12.1 Å². The molecule has 2 aromatic rings. The molecule has 1 amide bonds. The van der Waals surface area contributed by atoms with Gasteiger partial charge in [0.05, 0.1) is 4.90 Å². The summed E-state index contributed by atoms with van der Waals surface area (Å²) < 4.78 is 27.0. The maximum Gasteiger partial charge on any atom is 0.243 e. The third kappa shape index (κ3) is 4.51. The Balaban J connectivity index is 1.61. The standard InChI is InChI=1S/C20H23ClN2O3S/c1-20(19(24)22-15-16-5-3-2-4-6-16)11-13-23(14-12-20)27(25,26)18-9-7-17(21)8-10-18/h2-10H,11-15H2,1H3,(H,22,24). The van der Waals surface area contributed by atoms with E-state index in [1.165, 1.54) is 16.4 Å². The van der Waals surface area contributed by atoms with Crippen molar-refractivity contribution in [3.8, 4) is 0 Å². The first-order valence-corrected chi connectivity index (χ1v) is 10.7. The average molecular weight is 407 g/mol. The Labute approximate surface area is 165 Å². The van der Waals surface area contributed by atoms with Gasteiger partial charge in [-0.05, 0) is 42.7 Å². The lowest BCUT2D eigenvalue weighted by atomic mass is 9.80. The van der Waals surface area contributed by atoms with Gasteiger partial charge in [0.2, 0.25) is 15.9 Å². The number of nitrogens with zero attached hydrogens (tertiary/aromatic N) is 1. The molecule has 1 fully saturated rings. The summed E-state index contributed by atoms with van der Waals surface area (Å²) in [4.78, 5) is 12.9. The fraction of sp³-hybridized carbons (Fsp3) is 0.350. The van der Waals surface area contributed by atoms with Gasteiger partial charge in [0, 0.05) is 30.1 Å². The van der Waals surface area contributed by atoms with Crippen molar-refractivity contribution >= 4 is 27.5 Å². The molecule has 0 spiro atoms. The highest BCUT2D eigenvalue weighted by atomic mass is 35.5. The van der Waals surface area contributed by atoms with E-state index >= 15 is 0 Å². The lowest BCUT2D eigenvalue weighted by molar-refractivity contribution is -0.132. The Bertz CT molecular complexity index is 891. The fourth-order valence-corrected chi connectivity index (χ4v) is 4.76. The van der Waals surface area contributed by atoms with Gasteiger partial charge in [-0.3, -0.25) is 4.79 Å². The van der Waals surface area contributed by atoms with Crippen LogP contribution in [0.2, 0.25) is 5.02 Å². The zero-order valence-electron chi connectivity index (χ0n) is 15.2. The van der Waals surface area contributed by atoms with E-state index in [0.717, 1.165) is 5.56 Å². The predicted molar refractivity (Wildman–Crippen MR) is 106 cm³/mol. The van der Waals surface area contributed by atoms with Crippen LogP contribution in [0.3, 0.4) is 0 Å². The minimum Gasteiger partial charge on any atom is -0.352 e. The van der Waals surface area contributed by atoms with Gasteiger partial charge in [-0.25, -0.2) is 8.42 Å². The minimum atomic E-state index is -3.57. The lowest BCUT2D eigenvalue weighted by Crippen LogP contribution is -2.48. The summed E-state index contributed by atoms with van der Waals surface area (Å²) in [7, 11) is -3.57. The fourth-order valence-electron chi connectivity index (χ4n) is 3.19. The molecule has 0 saturated carbocycles. The summed E-state index contributed by atoms with van der Waals surface area (Å²) in [6, 6.07) is 15.9. The molecule has 7 heteroatoms. The zero-order chi connectivity index (χ0) is 19.5. The summed E-state index contributed by atoms with van der Waals surface area (Å²) >= 11 is 5.84. The minimum absolute atomic E-state index is 0.0325. The SMILES string of the molecule is CC1(C(=O)NCc2ccccc2)CCN(S(=O)(=O)c2ccc(Cl)cc2)CC1. The molecule has 1 N–H and O–H groups in total. The Hall–Kier alpha value is -1.89. The van der Waals surface area contributed by atoms with Crippen LogP contribution in [-0.2, 0) is 21.4 Å². The summed E-state index contributed by atoms with van der Waals surface area (Å²) in [6.45, 7) is 3.02. The smallest absolute Gasteiger partial charge is 0.243 e. The first-order valence-electron chi connectivity index (χ1n) is 8.89.